The van der Waals surface area contributed by atoms with Crippen LogP contribution in [0.3, 0.4) is 0 Å². The zero-order chi connectivity index (χ0) is 21.4. The highest BCUT2D eigenvalue weighted by Gasteiger charge is 2.15. The van der Waals surface area contributed by atoms with Crippen molar-refractivity contribution in [3.05, 3.63) is 35.9 Å². The Balaban J connectivity index is 1.83. The molecule has 0 atom stereocenters. The van der Waals surface area contributed by atoms with Crippen LogP contribution in [0.5, 0.6) is 0 Å². The van der Waals surface area contributed by atoms with Crippen LogP contribution in [-0.4, -0.2) is 17.5 Å². The summed E-state index contributed by atoms with van der Waals surface area (Å²) in [5.74, 6) is -0.179. The Morgan fingerprint density at radius 2 is 1.14 bits per heavy atom. The number of hydrogen-bond donors (Lipinski definition) is 0. The molecular weight excluding hydrogens is 364 g/mol. The van der Waals surface area contributed by atoms with Gasteiger partial charge in [-0.05, 0) is 39.2 Å². The van der Waals surface area contributed by atoms with Crippen molar-refractivity contribution in [2.45, 2.75) is 110 Å². The predicted octanol–water partition coefficient (Wildman–Crippen LogP) is 6.75. The van der Waals surface area contributed by atoms with E-state index in [0.717, 1.165) is 31.2 Å². The van der Waals surface area contributed by atoms with E-state index in [-0.39, 0.29) is 17.5 Å². The standard InChI is InChI=1S/C25H40O4/c1-25(2,3)29-24(27)20-16-11-9-7-5-4-6-8-10-15-19-23(26)28-21-22-17-13-12-14-18-22/h12-14,17-18H,4-11,15-16,19-21H2,1-3H3. The first-order valence-electron chi connectivity index (χ1n) is 11.3. The number of hydrogen-bond acceptors (Lipinski definition) is 4. The van der Waals surface area contributed by atoms with E-state index in [0.29, 0.717) is 19.4 Å². The molecule has 1 rings (SSSR count). The Labute approximate surface area is 177 Å². The van der Waals surface area contributed by atoms with Crippen molar-refractivity contribution < 1.29 is 19.1 Å². The van der Waals surface area contributed by atoms with E-state index in [1.54, 1.807) is 0 Å². The topological polar surface area (TPSA) is 52.6 Å². The maximum Gasteiger partial charge on any atom is 0.306 e. The summed E-state index contributed by atoms with van der Waals surface area (Å²) in [4.78, 5) is 23.3. The Hall–Kier alpha value is -1.84. The minimum absolute atomic E-state index is 0.0820. The summed E-state index contributed by atoms with van der Waals surface area (Å²) in [5.41, 5.74) is 0.658. The fourth-order valence-corrected chi connectivity index (χ4v) is 3.16. The molecule has 0 unspecified atom stereocenters. The Morgan fingerprint density at radius 3 is 1.62 bits per heavy atom. The van der Waals surface area contributed by atoms with Crippen LogP contribution >= 0.6 is 0 Å². The summed E-state index contributed by atoms with van der Waals surface area (Å²) in [5, 5.41) is 0. The first-order valence-corrected chi connectivity index (χ1v) is 11.3. The van der Waals surface area contributed by atoms with Crippen LogP contribution in [0.4, 0.5) is 0 Å². The third-order valence-electron chi connectivity index (χ3n) is 4.67. The summed E-state index contributed by atoms with van der Waals surface area (Å²) in [7, 11) is 0. The molecule has 0 bridgehead atoms. The molecule has 29 heavy (non-hydrogen) atoms. The highest BCUT2D eigenvalue weighted by Crippen LogP contribution is 2.14. The SMILES string of the molecule is CC(C)(C)OC(=O)CCCCCCCCCCCCC(=O)OCc1ccccc1. The maximum absolute atomic E-state index is 11.7. The molecule has 1 aromatic rings. The smallest absolute Gasteiger partial charge is 0.306 e. The van der Waals surface area contributed by atoms with E-state index in [9.17, 15) is 9.59 Å². The second kappa shape index (κ2) is 15.1. The van der Waals surface area contributed by atoms with Gasteiger partial charge in [-0.25, -0.2) is 0 Å². The summed E-state index contributed by atoms with van der Waals surface area (Å²) >= 11 is 0. The highest BCUT2D eigenvalue weighted by molar-refractivity contribution is 5.69. The van der Waals surface area contributed by atoms with Gasteiger partial charge in [-0.15, -0.1) is 0 Å². The van der Waals surface area contributed by atoms with Crippen LogP contribution in [0.25, 0.3) is 0 Å². The van der Waals surface area contributed by atoms with Crippen molar-refractivity contribution in [1.29, 1.82) is 0 Å². The quantitative estimate of drug-likeness (QED) is 0.239. The summed E-state index contributed by atoms with van der Waals surface area (Å²) in [6.45, 7) is 6.09. The number of unbranched alkanes of at least 4 members (excludes halogenated alkanes) is 9. The van der Waals surface area contributed by atoms with Gasteiger partial charge >= 0.3 is 11.9 Å². The fraction of sp³-hybridized carbons (Fsp3) is 0.680. The first-order chi connectivity index (χ1) is 13.9. The molecule has 0 amide bonds. The molecule has 0 fully saturated rings. The minimum Gasteiger partial charge on any atom is -0.461 e. The lowest BCUT2D eigenvalue weighted by molar-refractivity contribution is -0.155. The fourth-order valence-electron chi connectivity index (χ4n) is 3.16. The van der Waals surface area contributed by atoms with Gasteiger partial charge in [-0.3, -0.25) is 9.59 Å². The number of carbonyl (C=O) groups is 2. The lowest BCUT2D eigenvalue weighted by atomic mass is 10.1. The highest BCUT2D eigenvalue weighted by atomic mass is 16.6. The molecule has 4 nitrogen and oxygen atoms in total. The average Bonchev–Trinajstić information content (AvgIpc) is 2.66. The third-order valence-corrected chi connectivity index (χ3v) is 4.67. The summed E-state index contributed by atoms with van der Waals surface area (Å²) in [6.07, 6.45) is 12.4. The van der Waals surface area contributed by atoms with Crippen LogP contribution < -0.4 is 0 Å². The van der Waals surface area contributed by atoms with Crippen molar-refractivity contribution in [2.24, 2.45) is 0 Å². The van der Waals surface area contributed by atoms with Crippen molar-refractivity contribution >= 4 is 11.9 Å². The predicted molar refractivity (Wildman–Crippen MR) is 117 cm³/mol. The molecule has 0 N–H and O–H groups in total. The van der Waals surface area contributed by atoms with E-state index in [2.05, 4.69) is 0 Å². The number of ether oxygens (including phenoxy) is 2. The van der Waals surface area contributed by atoms with Gasteiger partial charge in [0, 0.05) is 12.8 Å². The second-order valence-electron chi connectivity index (χ2n) is 8.77. The van der Waals surface area contributed by atoms with E-state index < -0.39 is 0 Å². The molecule has 0 aliphatic rings. The summed E-state index contributed by atoms with van der Waals surface area (Å²) < 4.78 is 10.6. The van der Waals surface area contributed by atoms with E-state index in [4.69, 9.17) is 9.47 Å². The van der Waals surface area contributed by atoms with Gasteiger partial charge in [0.25, 0.3) is 0 Å². The molecule has 0 saturated carbocycles. The van der Waals surface area contributed by atoms with Crippen molar-refractivity contribution in [3.63, 3.8) is 0 Å². The van der Waals surface area contributed by atoms with Gasteiger partial charge in [-0.1, -0.05) is 81.7 Å². The Bertz CT molecular complexity index is 560. The number of esters is 2. The maximum atomic E-state index is 11.7. The molecule has 1 aromatic carbocycles. The molecule has 0 radical (unpaired) electrons. The lowest BCUT2D eigenvalue weighted by Gasteiger charge is -2.19. The first kappa shape index (κ1) is 25.2. The Morgan fingerprint density at radius 1 is 0.690 bits per heavy atom. The molecule has 0 heterocycles. The van der Waals surface area contributed by atoms with Gasteiger partial charge in [0.1, 0.15) is 12.2 Å². The molecule has 164 valence electrons. The van der Waals surface area contributed by atoms with Crippen molar-refractivity contribution in [3.8, 4) is 0 Å². The molecule has 0 saturated heterocycles. The zero-order valence-electron chi connectivity index (χ0n) is 18.7. The van der Waals surface area contributed by atoms with Gasteiger partial charge in [-0.2, -0.15) is 0 Å². The lowest BCUT2D eigenvalue weighted by Crippen LogP contribution is -2.23. The van der Waals surface area contributed by atoms with Crippen LogP contribution in [0, 0.1) is 0 Å². The van der Waals surface area contributed by atoms with Crippen LogP contribution in [0.1, 0.15) is 103 Å². The number of carbonyl (C=O) groups excluding carboxylic acids is 2. The average molecular weight is 405 g/mol. The van der Waals surface area contributed by atoms with Gasteiger partial charge in [0.05, 0.1) is 0 Å². The minimum atomic E-state index is -0.375. The van der Waals surface area contributed by atoms with Crippen LogP contribution in [0.15, 0.2) is 30.3 Å². The monoisotopic (exact) mass is 404 g/mol. The van der Waals surface area contributed by atoms with Gasteiger partial charge in [0.15, 0.2) is 0 Å². The van der Waals surface area contributed by atoms with Crippen molar-refractivity contribution in [2.75, 3.05) is 0 Å². The van der Waals surface area contributed by atoms with Crippen LogP contribution in [0.2, 0.25) is 0 Å². The normalized spacial score (nSPS) is 11.3. The zero-order valence-corrected chi connectivity index (χ0v) is 18.7. The molecule has 0 aromatic heterocycles. The molecular formula is C25H40O4. The molecule has 0 spiro atoms. The van der Waals surface area contributed by atoms with Gasteiger partial charge < -0.3 is 9.47 Å². The second-order valence-corrected chi connectivity index (χ2v) is 8.77. The third kappa shape index (κ3) is 15.7. The molecule has 0 aliphatic heterocycles. The summed E-state index contributed by atoms with van der Waals surface area (Å²) in [6, 6.07) is 9.79. The van der Waals surface area contributed by atoms with E-state index >= 15 is 0 Å². The number of benzene rings is 1. The number of rotatable bonds is 15. The molecule has 4 heteroatoms. The van der Waals surface area contributed by atoms with E-state index in [1.165, 1.54) is 38.5 Å². The Kier molecular flexibility index (Phi) is 13.1. The largest absolute Gasteiger partial charge is 0.461 e. The van der Waals surface area contributed by atoms with Gasteiger partial charge in [0.2, 0.25) is 0 Å². The molecule has 0 aliphatic carbocycles. The van der Waals surface area contributed by atoms with E-state index in [1.807, 2.05) is 51.1 Å². The van der Waals surface area contributed by atoms with Crippen molar-refractivity contribution in [1.82, 2.24) is 0 Å². The van der Waals surface area contributed by atoms with Crippen LogP contribution in [-0.2, 0) is 25.7 Å².